The molecule has 6 nitrogen and oxygen atoms in total. The number of benzene rings is 2. The number of aromatic amines is 1. The maximum atomic E-state index is 12.7. The minimum atomic E-state index is -0.252. The molecule has 3 N–H and O–H groups in total. The summed E-state index contributed by atoms with van der Waals surface area (Å²) in [4.78, 5) is 28.4. The molecule has 2 heterocycles. The first-order valence-corrected chi connectivity index (χ1v) is 9.55. The van der Waals surface area contributed by atoms with E-state index in [1.807, 2.05) is 30.5 Å². The Kier molecular flexibility index (Phi) is 3.86. The molecule has 2 amide bonds. The first kappa shape index (κ1) is 16.9. The van der Waals surface area contributed by atoms with Gasteiger partial charge in [0, 0.05) is 47.2 Å². The summed E-state index contributed by atoms with van der Waals surface area (Å²) in [7, 11) is 1.58. The van der Waals surface area contributed by atoms with Gasteiger partial charge >= 0.3 is 0 Å². The highest BCUT2D eigenvalue weighted by molar-refractivity contribution is 6.02. The standard InChI is InChI=1S/C22H21N3O3/c1-23-22(27)17-10-12(21(26)25-13-5-6-13)9-16-18(11-28-20(16)17)14-3-2-4-19-15(14)7-8-24-19/h2-4,7-10,13,18,24H,5-6,11H2,1H3,(H,23,27)(H,25,26). The number of hydrogen-bond donors (Lipinski definition) is 3. The second-order valence-electron chi connectivity index (χ2n) is 7.42. The fourth-order valence-electron chi connectivity index (χ4n) is 3.93. The van der Waals surface area contributed by atoms with Crippen molar-refractivity contribution < 1.29 is 14.3 Å². The van der Waals surface area contributed by atoms with Gasteiger partial charge in [-0.15, -0.1) is 0 Å². The van der Waals surface area contributed by atoms with E-state index < -0.39 is 0 Å². The molecule has 142 valence electrons. The smallest absolute Gasteiger partial charge is 0.254 e. The van der Waals surface area contributed by atoms with Crippen molar-refractivity contribution in [3.63, 3.8) is 0 Å². The molecule has 28 heavy (non-hydrogen) atoms. The summed E-state index contributed by atoms with van der Waals surface area (Å²) in [6.07, 6.45) is 3.95. The summed E-state index contributed by atoms with van der Waals surface area (Å²) in [5.41, 5.74) is 3.97. The van der Waals surface area contributed by atoms with Crippen molar-refractivity contribution in [2.45, 2.75) is 24.8 Å². The van der Waals surface area contributed by atoms with E-state index in [0.717, 1.165) is 34.9 Å². The lowest BCUT2D eigenvalue weighted by Gasteiger charge is -2.14. The molecule has 1 saturated carbocycles. The Morgan fingerprint density at radius 1 is 1.11 bits per heavy atom. The summed E-state index contributed by atoms with van der Waals surface area (Å²) in [5, 5.41) is 6.79. The number of aromatic nitrogens is 1. The molecule has 1 aliphatic heterocycles. The summed E-state index contributed by atoms with van der Waals surface area (Å²) >= 11 is 0. The molecule has 5 rings (SSSR count). The van der Waals surface area contributed by atoms with Gasteiger partial charge in [0.25, 0.3) is 11.8 Å². The first-order chi connectivity index (χ1) is 13.7. The van der Waals surface area contributed by atoms with Crippen molar-refractivity contribution in [3.8, 4) is 5.75 Å². The third kappa shape index (κ3) is 2.72. The van der Waals surface area contributed by atoms with Crippen LogP contribution in [0.3, 0.4) is 0 Å². The Bertz CT molecular complexity index is 1100. The average molecular weight is 375 g/mol. The molecule has 2 aliphatic rings. The molecule has 1 atom stereocenters. The van der Waals surface area contributed by atoms with Gasteiger partial charge in [-0.2, -0.15) is 0 Å². The van der Waals surface area contributed by atoms with Crippen molar-refractivity contribution >= 4 is 22.7 Å². The van der Waals surface area contributed by atoms with Gasteiger partial charge in [-0.05, 0) is 42.7 Å². The van der Waals surface area contributed by atoms with Gasteiger partial charge in [0.15, 0.2) is 0 Å². The molecule has 0 saturated heterocycles. The number of ether oxygens (including phenoxy) is 1. The Morgan fingerprint density at radius 2 is 1.96 bits per heavy atom. The van der Waals surface area contributed by atoms with E-state index in [9.17, 15) is 9.59 Å². The highest BCUT2D eigenvalue weighted by atomic mass is 16.5. The highest BCUT2D eigenvalue weighted by Crippen LogP contribution is 2.43. The maximum Gasteiger partial charge on any atom is 0.254 e. The van der Waals surface area contributed by atoms with Crippen LogP contribution in [-0.4, -0.2) is 36.5 Å². The molecule has 3 aromatic rings. The Balaban J connectivity index is 1.63. The normalized spacial score (nSPS) is 17.8. The monoisotopic (exact) mass is 375 g/mol. The maximum absolute atomic E-state index is 12.7. The first-order valence-electron chi connectivity index (χ1n) is 9.55. The number of carbonyl (C=O) groups is 2. The highest BCUT2D eigenvalue weighted by Gasteiger charge is 2.33. The van der Waals surface area contributed by atoms with Gasteiger partial charge in [0.05, 0.1) is 12.2 Å². The predicted octanol–water partition coefficient (Wildman–Crippen LogP) is 2.94. The van der Waals surface area contributed by atoms with Gasteiger partial charge in [0.2, 0.25) is 0 Å². The van der Waals surface area contributed by atoms with Crippen LogP contribution in [0.2, 0.25) is 0 Å². The van der Waals surface area contributed by atoms with E-state index >= 15 is 0 Å². The van der Waals surface area contributed by atoms with Crippen molar-refractivity contribution in [2.75, 3.05) is 13.7 Å². The van der Waals surface area contributed by atoms with Crippen LogP contribution in [0, 0.1) is 0 Å². The topological polar surface area (TPSA) is 83.2 Å². The van der Waals surface area contributed by atoms with Crippen LogP contribution in [0.5, 0.6) is 5.75 Å². The molecule has 6 heteroatoms. The Morgan fingerprint density at radius 3 is 2.75 bits per heavy atom. The largest absolute Gasteiger partial charge is 0.491 e. The minimum absolute atomic E-state index is 0.0356. The van der Waals surface area contributed by atoms with Crippen LogP contribution in [-0.2, 0) is 0 Å². The minimum Gasteiger partial charge on any atom is -0.491 e. The molecule has 1 aromatic heterocycles. The lowest BCUT2D eigenvalue weighted by Crippen LogP contribution is -2.26. The second kappa shape index (κ2) is 6.41. The molecule has 1 unspecified atom stereocenters. The quantitative estimate of drug-likeness (QED) is 0.656. The average Bonchev–Trinajstić information content (AvgIpc) is 3.23. The van der Waals surface area contributed by atoms with Gasteiger partial charge in [-0.25, -0.2) is 0 Å². The SMILES string of the molecule is CNC(=O)c1cc(C(=O)NC2CC2)cc2c1OCC2c1cccc2[nH]ccc12. The number of nitrogens with one attached hydrogen (secondary N) is 3. The van der Waals surface area contributed by atoms with E-state index in [1.165, 1.54) is 0 Å². The third-order valence-corrected chi connectivity index (χ3v) is 5.54. The Labute approximate surface area is 162 Å². The van der Waals surface area contributed by atoms with Gasteiger partial charge in [-0.3, -0.25) is 9.59 Å². The molecular weight excluding hydrogens is 354 g/mol. The zero-order chi connectivity index (χ0) is 19.3. The summed E-state index contributed by atoms with van der Waals surface area (Å²) in [6, 6.07) is 11.9. The molecule has 0 radical (unpaired) electrons. The van der Waals surface area contributed by atoms with Gasteiger partial charge in [0.1, 0.15) is 5.75 Å². The van der Waals surface area contributed by atoms with E-state index in [1.54, 1.807) is 13.1 Å². The molecule has 1 fully saturated rings. The van der Waals surface area contributed by atoms with Crippen molar-refractivity contribution in [1.82, 2.24) is 15.6 Å². The van der Waals surface area contributed by atoms with E-state index in [-0.39, 0.29) is 23.8 Å². The summed E-state index contributed by atoms with van der Waals surface area (Å²) < 4.78 is 5.97. The van der Waals surface area contributed by atoms with Crippen molar-refractivity contribution in [1.29, 1.82) is 0 Å². The van der Waals surface area contributed by atoms with E-state index in [4.69, 9.17) is 4.74 Å². The molecule has 2 aromatic carbocycles. The lowest BCUT2D eigenvalue weighted by atomic mass is 9.88. The number of fused-ring (bicyclic) bond motifs is 2. The van der Waals surface area contributed by atoms with Crippen LogP contribution >= 0.6 is 0 Å². The van der Waals surface area contributed by atoms with Gasteiger partial charge < -0.3 is 20.4 Å². The zero-order valence-electron chi connectivity index (χ0n) is 15.5. The van der Waals surface area contributed by atoms with Crippen molar-refractivity contribution in [3.05, 3.63) is 64.8 Å². The third-order valence-electron chi connectivity index (χ3n) is 5.54. The van der Waals surface area contributed by atoms with E-state index in [2.05, 4.69) is 21.7 Å². The summed E-state index contributed by atoms with van der Waals surface area (Å²) in [5.74, 6) is 0.144. The fraction of sp³-hybridized carbons (Fsp3) is 0.273. The number of amides is 2. The van der Waals surface area contributed by atoms with Gasteiger partial charge in [-0.1, -0.05) is 12.1 Å². The number of rotatable bonds is 4. The number of carbonyl (C=O) groups excluding carboxylic acids is 2. The van der Waals surface area contributed by atoms with Crippen molar-refractivity contribution in [2.24, 2.45) is 0 Å². The van der Waals surface area contributed by atoms with Crippen LogP contribution in [0.4, 0.5) is 0 Å². The molecule has 0 bridgehead atoms. The number of hydrogen-bond acceptors (Lipinski definition) is 3. The molecule has 0 spiro atoms. The molecule has 1 aliphatic carbocycles. The lowest BCUT2D eigenvalue weighted by molar-refractivity contribution is 0.0951. The fourth-order valence-corrected chi connectivity index (χ4v) is 3.93. The van der Waals surface area contributed by atoms with Crippen LogP contribution in [0.1, 0.15) is 50.6 Å². The summed E-state index contributed by atoms with van der Waals surface area (Å²) in [6.45, 7) is 0.442. The zero-order valence-corrected chi connectivity index (χ0v) is 15.5. The predicted molar refractivity (Wildman–Crippen MR) is 106 cm³/mol. The van der Waals surface area contributed by atoms with Crippen LogP contribution in [0.25, 0.3) is 10.9 Å². The molecular formula is C22H21N3O3. The Hall–Kier alpha value is -3.28. The number of H-pyrrole nitrogens is 1. The second-order valence-corrected chi connectivity index (χ2v) is 7.42. The van der Waals surface area contributed by atoms with Crippen LogP contribution < -0.4 is 15.4 Å². The van der Waals surface area contributed by atoms with E-state index in [0.29, 0.717) is 23.5 Å². The van der Waals surface area contributed by atoms with Crippen LogP contribution in [0.15, 0.2) is 42.6 Å².